The first-order valence-electron chi connectivity index (χ1n) is 8.39. The van der Waals surface area contributed by atoms with Gasteiger partial charge in [-0.1, -0.05) is 31.2 Å². The fraction of sp³-hybridized carbons (Fsp3) is 0.667. The van der Waals surface area contributed by atoms with Crippen LogP contribution in [-0.4, -0.2) is 30.6 Å². The van der Waals surface area contributed by atoms with Gasteiger partial charge in [0.2, 0.25) is 0 Å². The van der Waals surface area contributed by atoms with E-state index in [2.05, 4.69) is 41.4 Å². The molecule has 2 unspecified atom stereocenters. The van der Waals surface area contributed by atoms with Crippen molar-refractivity contribution in [1.29, 1.82) is 0 Å². The third-order valence-electron chi connectivity index (χ3n) is 5.10. The highest BCUT2D eigenvalue weighted by atomic mass is 15.1. The average Bonchev–Trinajstić information content (AvgIpc) is 3.02. The summed E-state index contributed by atoms with van der Waals surface area (Å²) in [4.78, 5) is 2.68. The number of hydrogen-bond donors (Lipinski definition) is 1. The molecule has 2 atom stereocenters. The Kier molecular flexibility index (Phi) is 4.74. The number of aryl methyl sites for hydroxylation is 1. The first kappa shape index (κ1) is 14.1. The minimum atomic E-state index is 0.791. The summed E-state index contributed by atoms with van der Waals surface area (Å²) >= 11 is 0. The summed E-state index contributed by atoms with van der Waals surface area (Å²) in [5, 5.41) is 3.71. The Morgan fingerprint density at radius 2 is 2.00 bits per heavy atom. The molecule has 0 aromatic heterocycles. The van der Waals surface area contributed by atoms with E-state index in [-0.39, 0.29) is 0 Å². The van der Waals surface area contributed by atoms with E-state index in [0.717, 1.165) is 24.9 Å². The molecule has 1 aromatic rings. The van der Waals surface area contributed by atoms with Crippen molar-refractivity contribution in [3.8, 4) is 0 Å². The Morgan fingerprint density at radius 3 is 2.75 bits per heavy atom. The largest absolute Gasteiger partial charge is 0.314 e. The third-order valence-corrected chi connectivity index (χ3v) is 5.10. The van der Waals surface area contributed by atoms with Crippen molar-refractivity contribution in [3.05, 3.63) is 35.4 Å². The Morgan fingerprint density at radius 1 is 1.15 bits per heavy atom. The van der Waals surface area contributed by atoms with Crippen LogP contribution in [0.3, 0.4) is 0 Å². The molecule has 0 bridgehead atoms. The van der Waals surface area contributed by atoms with Crippen molar-refractivity contribution in [2.24, 2.45) is 5.92 Å². The van der Waals surface area contributed by atoms with Crippen LogP contribution in [0.1, 0.15) is 43.7 Å². The molecule has 2 fully saturated rings. The van der Waals surface area contributed by atoms with Crippen molar-refractivity contribution in [2.45, 2.75) is 51.6 Å². The summed E-state index contributed by atoms with van der Waals surface area (Å²) in [5.74, 6) is 0.875. The van der Waals surface area contributed by atoms with Crippen LogP contribution in [0.4, 0.5) is 0 Å². The second-order valence-corrected chi connectivity index (χ2v) is 6.46. The summed E-state index contributed by atoms with van der Waals surface area (Å²) in [6.45, 7) is 7.21. The molecule has 2 aliphatic rings. The molecule has 0 radical (unpaired) electrons. The Balaban J connectivity index is 1.62. The van der Waals surface area contributed by atoms with Gasteiger partial charge < -0.3 is 5.32 Å². The molecule has 1 aromatic carbocycles. The minimum Gasteiger partial charge on any atom is -0.314 e. The third kappa shape index (κ3) is 3.24. The summed E-state index contributed by atoms with van der Waals surface area (Å²) in [5.41, 5.74) is 3.06. The zero-order valence-corrected chi connectivity index (χ0v) is 12.8. The molecule has 0 saturated carbocycles. The van der Waals surface area contributed by atoms with E-state index in [9.17, 15) is 0 Å². The maximum absolute atomic E-state index is 3.71. The predicted octanol–water partition coefficient (Wildman–Crippen LogP) is 3.21. The van der Waals surface area contributed by atoms with Crippen LogP contribution in [0.5, 0.6) is 0 Å². The Bertz CT molecular complexity index is 423. The van der Waals surface area contributed by atoms with Crippen LogP contribution in [0.25, 0.3) is 0 Å². The molecule has 0 amide bonds. The van der Waals surface area contributed by atoms with Gasteiger partial charge >= 0.3 is 0 Å². The first-order valence-corrected chi connectivity index (χ1v) is 8.39. The second-order valence-electron chi connectivity index (χ2n) is 6.46. The topological polar surface area (TPSA) is 15.3 Å². The van der Waals surface area contributed by atoms with E-state index in [1.165, 1.54) is 56.4 Å². The smallest absolute Gasteiger partial charge is 0.0236 e. The zero-order chi connectivity index (χ0) is 13.8. The summed E-state index contributed by atoms with van der Waals surface area (Å²) in [6.07, 6.45) is 6.71. The molecule has 2 aliphatic heterocycles. The number of likely N-dealkylation sites (tertiary alicyclic amines) is 1. The Labute approximate surface area is 123 Å². The van der Waals surface area contributed by atoms with Crippen molar-refractivity contribution in [3.63, 3.8) is 0 Å². The maximum Gasteiger partial charge on any atom is 0.0236 e. The highest BCUT2D eigenvalue weighted by Crippen LogP contribution is 2.26. The molecule has 0 spiro atoms. The maximum atomic E-state index is 3.71. The molecule has 1 N–H and O–H groups in total. The Hall–Kier alpha value is -0.860. The van der Waals surface area contributed by atoms with E-state index in [0.29, 0.717) is 0 Å². The molecule has 2 heterocycles. The molecule has 110 valence electrons. The molecule has 2 nitrogen and oxygen atoms in total. The van der Waals surface area contributed by atoms with Crippen molar-refractivity contribution < 1.29 is 0 Å². The van der Waals surface area contributed by atoms with Gasteiger partial charge in [-0.3, -0.25) is 4.90 Å². The number of nitrogens with zero attached hydrogens (tertiary/aromatic N) is 1. The SMILES string of the molecule is CCc1ccccc1CN1CCCC(C2CCCN2)C1. The normalized spacial score (nSPS) is 27.9. The lowest BCUT2D eigenvalue weighted by molar-refractivity contribution is 0.145. The summed E-state index contributed by atoms with van der Waals surface area (Å²) in [6, 6.07) is 9.75. The molecule has 20 heavy (non-hydrogen) atoms. The molecule has 3 rings (SSSR count). The van der Waals surface area contributed by atoms with E-state index in [1.807, 2.05) is 0 Å². The van der Waals surface area contributed by atoms with Crippen molar-refractivity contribution in [2.75, 3.05) is 19.6 Å². The molecule has 2 saturated heterocycles. The summed E-state index contributed by atoms with van der Waals surface area (Å²) in [7, 11) is 0. The van der Waals surface area contributed by atoms with Crippen LogP contribution in [-0.2, 0) is 13.0 Å². The van der Waals surface area contributed by atoms with E-state index in [1.54, 1.807) is 0 Å². The predicted molar refractivity (Wildman–Crippen MR) is 84.8 cm³/mol. The fourth-order valence-corrected chi connectivity index (χ4v) is 3.97. The van der Waals surface area contributed by atoms with Crippen LogP contribution >= 0.6 is 0 Å². The van der Waals surface area contributed by atoms with Gasteiger partial charge in [0.1, 0.15) is 0 Å². The summed E-state index contributed by atoms with van der Waals surface area (Å²) < 4.78 is 0. The van der Waals surface area contributed by atoms with E-state index in [4.69, 9.17) is 0 Å². The first-order chi connectivity index (χ1) is 9.86. The number of benzene rings is 1. The zero-order valence-electron chi connectivity index (χ0n) is 12.8. The quantitative estimate of drug-likeness (QED) is 0.905. The van der Waals surface area contributed by atoms with Crippen LogP contribution in [0.2, 0.25) is 0 Å². The molecular formula is C18H28N2. The van der Waals surface area contributed by atoms with Gasteiger partial charge in [-0.25, -0.2) is 0 Å². The van der Waals surface area contributed by atoms with Gasteiger partial charge in [0.05, 0.1) is 0 Å². The lowest BCUT2D eigenvalue weighted by Gasteiger charge is -2.36. The number of rotatable bonds is 4. The van der Waals surface area contributed by atoms with Gasteiger partial charge in [0, 0.05) is 19.1 Å². The van der Waals surface area contributed by atoms with Gasteiger partial charge in [0.25, 0.3) is 0 Å². The number of nitrogens with one attached hydrogen (secondary N) is 1. The van der Waals surface area contributed by atoms with Crippen LogP contribution in [0, 0.1) is 5.92 Å². The van der Waals surface area contributed by atoms with Crippen LogP contribution in [0.15, 0.2) is 24.3 Å². The lowest BCUT2D eigenvalue weighted by atomic mass is 9.89. The monoisotopic (exact) mass is 272 g/mol. The van der Waals surface area contributed by atoms with Gasteiger partial charge in [-0.2, -0.15) is 0 Å². The highest BCUT2D eigenvalue weighted by Gasteiger charge is 2.28. The van der Waals surface area contributed by atoms with Crippen LogP contribution < -0.4 is 5.32 Å². The van der Waals surface area contributed by atoms with Crippen molar-refractivity contribution >= 4 is 0 Å². The van der Waals surface area contributed by atoms with Gasteiger partial charge in [0.15, 0.2) is 0 Å². The highest BCUT2D eigenvalue weighted by molar-refractivity contribution is 5.27. The van der Waals surface area contributed by atoms with Crippen molar-refractivity contribution in [1.82, 2.24) is 10.2 Å². The van der Waals surface area contributed by atoms with E-state index >= 15 is 0 Å². The van der Waals surface area contributed by atoms with Gasteiger partial charge in [-0.05, 0) is 62.2 Å². The fourth-order valence-electron chi connectivity index (χ4n) is 3.97. The number of hydrogen-bond acceptors (Lipinski definition) is 2. The van der Waals surface area contributed by atoms with Gasteiger partial charge in [-0.15, -0.1) is 0 Å². The van der Waals surface area contributed by atoms with E-state index < -0.39 is 0 Å². The lowest BCUT2D eigenvalue weighted by Crippen LogP contribution is -2.43. The number of piperidine rings is 1. The second kappa shape index (κ2) is 6.73. The molecule has 0 aliphatic carbocycles. The molecule has 2 heteroatoms. The standard InChI is InChI=1S/C18H28N2/c1-2-15-7-3-4-8-16(15)13-20-12-6-9-17(14-20)18-10-5-11-19-18/h3-4,7-8,17-19H,2,5-6,9-14H2,1H3. The molecular weight excluding hydrogens is 244 g/mol. The minimum absolute atomic E-state index is 0.791. The average molecular weight is 272 g/mol.